The van der Waals surface area contributed by atoms with Crippen LogP contribution in [0.15, 0.2) is 0 Å². The molecule has 0 radical (unpaired) electrons. The lowest BCUT2D eigenvalue weighted by Crippen LogP contribution is -2.34. The molecule has 0 aromatic carbocycles. The van der Waals surface area contributed by atoms with Gasteiger partial charge >= 0.3 is 0 Å². The average Bonchev–Trinajstić information content (AvgIpc) is 2.51. The molecule has 0 aliphatic carbocycles. The van der Waals surface area contributed by atoms with Crippen molar-refractivity contribution in [3.05, 3.63) is 0 Å². The molecule has 1 unspecified atom stereocenters. The molecule has 0 aromatic rings. The Morgan fingerprint density at radius 3 is 2.87 bits per heavy atom. The van der Waals surface area contributed by atoms with Crippen LogP contribution in [0.25, 0.3) is 0 Å². The summed E-state index contributed by atoms with van der Waals surface area (Å²) in [6.45, 7) is 8.66. The van der Waals surface area contributed by atoms with Crippen LogP contribution in [0, 0.1) is 0 Å². The highest BCUT2D eigenvalue weighted by Gasteiger charge is 2.24. The summed E-state index contributed by atoms with van der Waals surface area (Å²) in [6, 6.07) is 0.471. The maximum absolute atomic E-state index is 11.1. The molecule has 3 heteroatoms. The van der Waals surface area contributed by atoms with Crippen molar-refractivity contribution in [2.45, 2.75) is 52.2 Å². The molecule has 1 atom stereocenters. The van der Waals surface area contributed by atoms with Crippen LogP contribution in [-0.2, 0) is 9.53 Å². The van der Waals surface area contributed by atoms with E-state index in [0.717, 1.165) is 19.7 Å². The van der Waals surface area contributed by atoms with Gasteiger partial charge in [0, 0.05) is 19.0 Å². The van der Waals surface area contributed by atoms with Crippen LogP contribution in [0.2, 0.25) is 0 Å². The number of Topliss-reactive ketones (excluding diaryl/α,β-unsaturated/α-hetero) is 1. The minimum Gasteiger partial charge on any atom is -0.377 e. The summed E-state index contributed by atoms with van der Waals surface area (Å²) in [7, 11) is 0. The number of nitrogens with zero attached hydrogens (tertiary/aromatic N) is 1. The molecule has 1 aliphatic heterocycles. The molecule has 1 aliphatic rings. The van der Waals surface area contributed by atoms with E-state index in [1.165, 1.54) is 12.8 Å². The van der Waals surface area contributed by atoms with Crippen LogP contribution >= 0.6 is 0 Å². The Morgan fingerprint density at radius 2 is 2.27 bits per heavy atom. The predicted octanol–water partition coefficient (Wildman–Crippen LogP) is 1.85. The van der Waals surface area contributed by atoms with Crippen molar-refractivity contribution in [2.75, 3.05) is 19.7 Å². The Hall–Kier alpha value is -0.410. The van der Waals surface area contributed by atoms with E-state index in [0.29, 0.717) is 24.3 Å². The summed E-state index contributed by atoms with van der Waals surface area (Å²) >= 11 is 0. The van der Waals surface area contributed by atoms with Gasteiger partial charge in [-0.05, 0) is 40.2 Å². The number of likely N-dealkylation sites (tertiary alicyclic amines) is 1. The fourth-order valence-electron chi connectivity index (χ4n) is 2.16. The van der Waals surface area contributed by atoms with E-state index in [4.69, 9.17) is 4.74 Å². The molecule has 15 heavy (non-hydrogen) atoms. The van der Waals surface area contributed by atoms with Crippen molar-refractivity contribution in [3.63, 3.8) is 0 Å². The van der Waals surface area contributed by atoms with Gasteiger partial charge < -0.3 is 4.74 Å². The zero-order chi connectivity index (χ0) is 11.3. The van der Waals surface area contributed by atoms with Crippen LogP contribution < -0.4 is 0 Å². The lowest BCUT2D eigenvalue weighted by molar-refractivity contribution is -0.118. The standard InChI is InChI=1S/C12H23NO2/c1-10(2)15-8-7-13-6-4-5-12(13)9-11(3)14/h10,12H,4-9H2,1-3H3. The second kappa shape index (κ2) is 6.23. The Balaban J connectivity index is 2.24. The maximum Gasteiger partial charge on any atom is 0.131 e. The van der Waals surface area contributed by atoms with Gasteiger partial charge in [0.05, 0.1) is 12.7 Å². The van der Waals surface area contributed by atoms with E-state index in [-0.39, 0.29) is 0 Å². The maximum atomic E-state index is 11.1. The normalized spacial score (nSPS) is 22.5. The smallest absolute Gasteiger partial charge is 0.131 e. The molecule has 1 fully saturated rings. The van der Waals surface area contributed by atoms with Crippen LogP contribution in [0.5, 0.6) is 0 Å². The van der Waals surface area contributed by atoms with Gasteiger partial charge in [0.1, 0.15) is 5.78 Å². The Labute approximate surface area is 92.8 Å². The molecule has 3 nitrogen and oxygen atoms in total. The third-order valence-electron chi connectivity index (χ3n) is 2.85. The molecular formula is C12H23NO2. The number of ketones is 1. The third-order valence-corrected chi connectivity index (χ3v) is 2.85. The van der Waals surface area contributed by atoms with Gasteiger partial charge in [-0.1, -0.05) is 0 Å². The van der Waals surface area contributed by atoms with Gasteiger partial charge in [-0.2, -0.15) is 0 Å². The van der Waals surface area contributed by atoms with Gasteiger partial charge in [0.2, 0.25) is 0 Å². The number of rotatable bonds is 6. The average molecular weight is 213 g/mol. The molecule has 88 valence electrons. The van der Waals surface area contributed by atoms with Crippen molar-refractivity contribution in [1.29, 1.82) is 0 Å². The summed E-state index contributed by atoms with van der Waals surface area (Å²) in [5.41, 5.74) is 0. The predicted molar refractivity (Wildman–Crippen MR) is 61.0 cm³/mol. The molecule has 0 N–H and O–H groups in total. The van der Waals surface area contributed by atoms with Gasteiger partial charge in [0.25, 0.3) is 0 Å². The van der Waals surface area contributed by atoms with Crippen molar-refractivity contribution in [2.24, 2.45) is 0 Å². The van der Waals surface area contributed by atoms with Gasteiger partial charge in [-0.15, -0.1) is 0 Å². The lowest BCUT2D eigenvalue weighted by Gasteiger charge is -2.23. The first-order valence-corrected chi connectivity index (χ1v) is 5.94. The number of carbonyl (C=O) groups is 1. The van der Waals surface area contributed by atoms with Crippen molar-refractivity contribution in [3.8, 4) is 0 Å². The van der Waals surface area contributed by atoms with Gasteiger partial charge in [0.15, 0.2) is 0 Å². The first-order valence-electron chi connectivity index (χ1n) is 5.94. The summed E-state index contributed by atoms with van der Waals surface area (Å²) < 4.78 is 5.53. The monoisotopic (exact) mass is 213 g/mol. The highest BCUT2D eigenvalue weighted by molar-refractivity contribution is 5.76. The van der Waals surface area contributed by atoms with E-state index in [1.807, 2.05) is 0 Å². The second-order valence-corrected chi connectivity index (χ2v) is 4.66. The molecule has 0 bridgehead atoms. The molecule has 0 spiro atoms. The number of ether oxygens (including phenoxy) is 1. The Morgan fingerprint density at radius 1 is 1.53 bits per heavy atom. The van der Waals surface area contributed by atoms with E-state index in [9.17, 15) is 4.79 Å². The molecule has 0 amide bonds. The number of carbonyl (C=O) groups excluding carboxylic acids is 1. The number of hydrogen-bond donors (Lipinski definition) is 0. The van der Waals surface area contributed by atoms with Crippen molar-refractivity contribution >= 4 is 5.78 Å². The van der Waals surface area contributed by atoms with Crippen LogP contribution in [0.3, 0.4) is 0 Å². The summed E-state index contributed by atoms with van der Waals surface area (Å²) in [6.07, 6.45) is 3.40. The van der Waals surface area contributed by atoms with Gasteiger partial charge in [-0.3, -0.25) is 9.69 Å². The van der Waals surface area contributed by atoms with Gasteiger partial charge in [-0.25, -0.2) is 0 Å². The SMILES string of the molecule is CC(=O)CC1CCCN1CCOC(C)C. The lowest BCUT2D eigenvalue weighted by atomic mass is 10.1. The minimum atomic E-state index is 0.302. The molecule has 1 heterocycles. The fourth-order valence-corrected chi connectivity index (χ4v) is 2.16. The first kappa shape index (κ1) is 12.7. The first-order chi connectivity index (χ1) is 7.09. The van der Waals surface area contributed by atoms with E-state index < -0.39 is 0 Å². The minimum absolute atomic E-state index is 0.302. The number of hydrogen-bond acceptors (Lipinski definition) is 3. The molecule has 0 saturated carbocycles. The van der Waals surface area contributed by atoms with Crippen LogP contribution in [0.4, 0.5) is 0 Å². The Bertz CT molecular complexity index is 204. The van der Waals surface area contributed by atoms with E-state index in [2.05, 4.69) is 18.7 Å². The summed E-state index contributed by atoms with van der Waals surface area (Å²) in [5, 5.41) is 0. The topological polar surface area (TPSA) is 29.5 Å². The second-order valence-electron chi connectivity index (χ2n) is 4.66. The zero-order valence-electron chi connectivity index (χ0n) is 10.2. The highest BCUT2D eigenvalue weighted by Crippen LogP contribution is 2.19. The zero-order valence-corrected chi connectivity index (χ0v) is 10.2. The molecule has 0 aromatic heterocycles. The third kappa shape index (κ3) is 4.76. The van der Waals surface area contributed by atoms with E-state index in [1.54, 1.807) is 6.92 Å². The van der Waals surface area contributed by atoms with Crippen molar-refractivity contribution < 1.29 is 9.53 Å². The largest absolute Gasteiger partial charge is 0.377 e. The quantitative estimate of drug-likeness (QED) is 0.674. The molecule has 1 rings (SSSR count). The summed E-state index contributed by atoms with van der Waals surface area (Å²) in [4.78, 5) is 13.5. The fraction of sp³-hybridized carbons (Fsp3) is 0.917. The van der Waals surface area contributed by atoms with Crippen LogP contribution in [-0.4, -0.2) is 42.5 Å². The Kier molecular flexibility index (Phi) is 5.26. The summed E-state index contributed by atoms with van der Waals surface area (Å²) in [5.74, 6) is 0.302. The molecule has 1 saturated heterocycles. The van der Waals surface area contributed by atoms with Crippen LogP contribution in [0.1, 0.15) is 40.0 Å². The van der Waals surface area contributed by atoms with Crippen molar-refractivity contribution in [1.82, 2.24) is 4.90 Å². The molecular weight excluding hydrogens is 190 g/mol. The highest BCUT2D eigenvalue weighted by atomic mass is 16.5. The van der Waals surface area contributed by atoms with E-state index >= 15 is 0 Å².